The minimum Gasteiger partial charge on any atom is -0.492 e. The van der Waals surface area contributed by atoms with Crippen molar-refractivity contribution < 1.29 is 14.6 Å². The highest BCUT2D eigenvalue weighted by atomic mass is 127. The molecule has 0 saturated heterocycles. The van der Waals surface area contributed by atoms with Gasteiger partial charge in [-0.05, 0) is 53.1 Å². The lowest BCUT2D eigenvalue weighted by atomic mass is 10.1. The molecule has 16 heavy (non-hydrogen) atoms. The lowest BCUT2D eigenvalue weighted by Crippen LogP contribution is -2.10. The van der Waals surface area contributed by atoms with Gasteiger partial charge < -0.3 is 9.84 Å². The van der Waals surface area contributed by atoms with Crippen LogP contribution < -0.4 is 4.74 Å². The summed E-state index contributed by atoms with van der Waals surface area (Å²) < 4.78 is 6.47. The Kier molecular flexibility index (Phi) is 4.58. The number of hydrogen-bond donors (Lipinski definition) is 1. The monoisotopic (exact) mass is 334 g/mol. The van der Waals surface area contributed by atoms with E-state index in [4.69, 9.17) is 9.84 Å². The van der Waals surface area contributed by atoms with E-state index in [9.17, 15) is 4.79 Å². The Morgan fingerprint density at radius 2 is 2.12 bits per heavy atom. The first kappa shape index (κ1) is 13.3. The molecule has 1 aromatic carbocycles. The van der Waals surface area contributed by atoms with Crippen molar-refractivity contribution >= 4 is 28.6 Å². The zero-order chi connectivity index (χ0) is 12.3. The first-order valence-corrected chi connectivity index (χ1v) is 6.16. The number of carboxylic acid groups (broad SMARTS) is 1. The van der Waals surface area contributed by atoms with Crippen molar-refractivity contribution in [1.82, 2.24) is 0 Å². The highest BCUT2D eigenvalue weighted by molar-refractivity contribution is 14.1. The van der Waals surface area contributed by atoms with Crippen molar-refractivity contribution in [3.05, 3.63) is 26.8 Å². The first-order valence-electron chi connectivity index (χ1n) is 5.08. The number of carbonyl (C=O) groups is 1. The second kappa shape index (κ2) is 5.52. The molecule has 0 unspecified atom stereocenters. The molecule has 3 nitrogen and oxygen atoms in total. The van der Waals surface area contributed by atoms with Gasteiger partial charge in [0.15, 0.2) is 0 Å². The first-order chi connectivity index (χ1) is 7.41. The average molecular weight is 334 g/mol. The molecule has 0 aromatic heterocycles. The van der Waals surface area contributed by atoms with Crippen LogP contribution in [0.4, 0.5) is 0 Å². The van der Waals surface area contributed by atoms with Crippen LogP contribution in [0.2, 0.25) is 0 Å². The van der Waals surface area contributed by atoms with Crippen molar-refractivity contribution in [2.75, 3.05) is 6.61 Å². The van der Waals surface area contributed by atoms with Crippen molar-refractivity contribution in [3.8, 4) is 5.75 Å². The number of aryl methyl sites for hydroxylation is 1. The summed E-state index contributed by atoms with van der Waals surface area (Å²) in [6.07, 6.45) is 0. The van der Waals surface area contributed by atoms with Crippen LogP contribution in [0.3, 0.4) is 0 Å². The van der Waals surface area contributed by atoms with Crippen LogP contribution in [-0.2, 0) is 0 Å². The second-order valence-corrected chi connectivity index (χ2v) is 5.36. The van der Waals surface area contributed by atoms with Gasteiger partial charge >= 0.3 is 5.97 Å². The SMILES string of the molecule is Cc1cc(I)cc(C(=O)O)c1OCC(C)C. The molecule has 0 radical (unpaired) electrons. The predicted molar refractivity (Wildman–Crippen MR) is 71.2 cm³/mol. The Balaban J connectivity index is 3.09. The Bertz CT molecular complexity index is 399. The van der Waals surface area contributed by atoms with Crippen molar-refractivity contribution in [2.45, 2.75) is 20.8 Å². The summed E-state index contributed by atoms with van der Waals surface area (Å²) in [7, 11) is 0. The summed E-state index contributed by atoms with van der Waals surface area (Å²) in [4.78, 5) is 11.1. The van der Waals surface area contributed by atoms with Gasteiger partial charge in [-0.15, -0.1) is 0 Å². The number of rotatable bonds is 4. The molecule has 0 aliphatic rings. The third kappa shape index (κ3) is 3.37. The van der Waals surface area contributed by atoms with Gasteiger partial charge in [-0.25, -0.2) is 4.79 Å². The third-order valence-electron chi connectivity index (χ3n) is 2.03. The van der Waals surface area contributed by atoms with Gasteiger partial charge in [0, 0.05) is 3.57 Å². The summed E-state index contributed by atoms with van der Waals surface area (Å²) in [5.41, 5.74) is 1.11. The summed E-state index contributed by atoms with van der Waals surface area (Å²) in [5.74, 6) is -0.0812. The highest BCUT2D eigenvalue weighted by Crippen LogP contribution is 2.26. The number of benzene rings is 1. The number of ether oxygens (including phenoxy) is 1. The third-order valence-corrected chi connectivity index (χ3v) is 2.65. The Labute approximate surface area is 109 Å². The number of aromatic carboxylic acids is 1. The molecule has 0 aliphatic carbocycles. The summed E-state index contributed by atoms with van der Waals surface area (Å²) in [5, 5.41) is 9.10. The van der Waals surface area contributed by atoms with Gasteiger partial charge in [0.25, 0.3) is 0 Å². The van der Waals surface area contributed by atoms with Gasteiger partial charge in [-0.2, -0.15) is 0 Å². The lowest BCUT2D eigenvalue weighted by Gasteiger charge is -2.14. The van der Waals surface area contributed by atoms with E-state index in [-0.39, 0.29) is 5.56 Å². The Hall–Kier alpha value is -0.780. The van der Waals surface area contributed by atoms with E-state index in [1.165, 1.54) is 0 Å². The molecule has 0 saturated carbocycles. The lowest BCUT2D eigenvalue weighted by molar-refractivity contribution is 0.0691. The van der Waals surface area contributed by atoms with Crippen molar-refractivity contribution in [3.63, 3.8) is 0 Å². The van der Waals surface area contributed by atoms with Crippen molar-refractivity contribution in [2.24, 2.45) is 5.92 Å². The van der Waals surface area contributed by atoms with Gasteiger partial charge in [0.2, 0.25) is 0 Å². The van der Waals surface area contributed by atoms with Crippen LogP contribution >= 0.6 is 22.6 Å². The minimum absolute atomic E-state index is 0.241. The fourth-order valence-electron chi connectivity index (χ4n) is 1.33. The average Bonchev–Trinajstić information content (AvgIpc) is 2.14. The molecule has 0 amide bonds. The van der Waals surface area contributed by atoms with Crippen LogP contribution in [-0.4, -0.2) is 17.7 Å². The Morgan fingerprint density at radius 1 is 1.50 bits per heavy atom. The molecule has 0 bridgehead atoms. The zero-order valence-electron chi connectivity index (χ0n) is 9.58. The predicted octanol–water partition coefficient (Wildman–Crippen LogP) is 3.33. The number of halogens is 1. The van der Waals surface area contributed by atoms with Crippen LogP contribution in [0.25, 0.3) is 0 Å². The van der Waals surface area contributed by atoms with Crippen LogP contribution in [0, 0.1) is 16.4 Å². The van der Waals surface area contributed by atoms with Gasteiger partial charge in [-0.1, -0.05) is 13.8 Å². The number of carboxylic acids is 1. The molecular formula is C12H15IO3. The van der Waals surface area contributed by atoms with Crippen molar-refractivity contribution in [1.29, 1.82) is 0 Å². The van der Waals surface area contributed by atoms with Gasteiger partial charge in [0.1, 0.15) is 11.3 Å². The van der Waals surface area contributed by atoms with E-state index in [2.05, 4.69) is 22.6 Å². The molecular weight excluding hydrogens is 319 g/mol. The van der Waals surface area contributed by atoms with Crippen LogP contribution in [0.5, 0.6) is 5.75 Å². The molecule has 0 atom stereocenters. The highest BCUT2D eigenvalue weighted by Gasteiger charge is 2.15. The minimum atomic E-state index is -0.944. The van der Waals surface area contributed by atoms with E-state index in [0.29, 0.717) is 18.3 Å². The quantitative estimate of drug-likeness (QED) is 0.859. The fraction of sp³-hybridized carbons (Fsp3) is 0.417. The van der Waals surface area contributed by atoms with E-state index in [1.54, 1.807) is 6.07 Å². The van der Waals surface area contributed by atoms with E-state index >= 15 is 0 Å². The maximum atomic E-state index is 11.1. The smallest absolute Gasteiger partial charge is 0.339 e. The molecule has 4 heteroatoms. The molecule has 88 valence electrons. The van der Waals surface area contributed by atoms with E-state index in [0.717, 1.165) is 9.13 Å². The summed E-state index contributed by atoms with van der Waals surface area (Å²) in [6.45, 7) is 6.46. The Morgan fingerprint density at radius 3 is 2.62 bits per heavy atom. The molecule has 1 N–H and O–H groups in total. The molecule has 1 rings (SSSR count). The molecule has 0 fully saturated rings. The molecule has 0 aliphatic heterocycles. The van der Waals surface area contributed by atoms with Crippen LogP contribution in [0.15, 0.2) is 12.1 Å². The maximum absolute atomic E-state index is 11.1. The second-order valence-electron chi connectivity index (χ2n) is 4.11. The largest absolute Gasteiger partial charge is 0.492 e. The normalized spacial score (nSPS) is 10.6. The number of hydrogen-bond acceptors (Lipinski definition) is 2. The summed E-state index contributed by atoms with van der Waals surface area (Å²) in [6, 6.07) is 3.55. The van der Waals surface area contributed by atoms with Gasteiger partial charge in [0.05, 0.1) is 6.61 Å². The fourth-order valence-corrected chi connectivity index (χ4v) is 2.11. The van der Waals surface area contributed by atoms with Crippen LogP contribution in [0.1, 0.15) is 29.8 Å². The van der Waals surface area contributed by atoms with E-state index < -0.39 is 5.97 Å². The molecule has 0 spiro atoms. The standard InChI is InChI=1S/C12H15IO3/c1-7(2)6-16-11-8(3)4-9(13)5-10(11)12(14)15/h4-5,7H,6H2,1-3H3,(H,14,15). The summed E-state index contributed by atoms with van der Waals surface area (Å²) >= 11 is 2.10. The topological polar surface area (TPSA) is 46.5 Å². The van der Waals surface area contributed by atoms with E-state index in [1.807, 2.05) is 26.8 Å². The maximum Gasteiger partial charge on any atom is 0.339 e. The van der Waals surface area contributed by atoms with Gasteiger partial charge in [-0.3, -0.25) is 0 Å². The molecule has 0 heterocycles. The molecule has 1 aromatic rings. The zero-order valence-corrected chi connectivity index (χ0v) is 11.7.